The number of aromatic nitrogens is 2. The molecule has 6 rings (SSSR count). The van der Waals surface area contributed by atoms with E-state index in [4.69, 9.17) is 9.72 Å². The van der Waals surface area contributed by atoms with Gasteiger partial charge in [0.25, 0.3) is 11.8 Å². The van der Waals surface area contributed by atoms with E-state index in [9.17, 15) is 14.4 Å². The molecule has 2 fully saturated rings. The first kappa shape index (κ1) is 27.8. The highest BCUT2D eigenvalue weighted by Crippen LogP contribution is 2.33. The van der Waals surface area contributed by atoms with E-state index in [1.54, 1.807) is 12.3 Å². The van der Waals surface area contributed by atoms with Crippen molar-refractivity contribution in [3.8, 4) is 11.3 Å². The van der Waals surface area contributed by atoms with Gasteiger partial charge in [-0.15, -0.1) is 0 Å². The van der Waals surface area contributed by atoms with E-state index in [1.807, 2.05) is 51.9 Å². The van der Waals surface area contributed by atoms with E-state index in [2.05, 4.69) is 16.0 Å². The maximum absolute atomic E-state index is 13.3. The van der Waals surface area contributed by atoms with E-state index < -0.39 is 6.10 Å². The molecule has 10 heteroatoms. The van der Waals surface area contributed by atoms with Gasteiger partial charge in [-0.2, -0.15) is 0 Å². The van der Waals surface area contributed by atoms with Gasteiger partial charge in [-0.05, 0) is 56.0 Å². The lowest BCUT2D eigenvalue weighted by molar-refractivity contribution is -0.127. The Kier molecular flexibility index (Phi) is 8.39. The normalized spacial score (nSPS) is 18.8. The Labute approximate surface area is 245 Å². The molecule has 3 N–H and O–H groups in total. The second-order valence-corrected chi connectivity index (χ2v) is 11.3. The van der Waals surface area contributed by atoms with Crippen LogP contribution in [0.25, 0.3) is 16.9 Å². The van der Waals surface area contributed by atoms with Crippen LogP contribution in [0.3, 0.4) is 0 Å². The number of anilines is 2. The van der Waals surface area contributed by atoms with Crippen LogP contribution in [0, 0.1) is 0 Å². The number of likely N-dealkylation sites (tertiary alicyclic amines) is 1. The number of pyridine rings is 1. The maximum Gasteiger partial charge on any atom is 0.265 e. The monoisotopic (exact) mass is 570 g/mol. The van der Waals surface area contributed by atoms with Gasteiger partial charge in [-0.3, -0.25) is 18.8 Å². The predicted octanol–water partition coefficient (Wildman–Crippen LogP) is 4.73. The minimum absolute atomic E-state index is 0.178. The van der Waals surface area contributed by atoms with Gasteiger partial charge < -0.3 is 25.6 Å². The molecule has 1 saturated carbocycles. The quantitative estimate of drug-likeness (QED) is 0.304. The SMILES string of the molecule is O=C(NCCCN1CCCC1=O)c1cccn2c(NC3CCCCC3)c(-c3ccc(NC(=O)C4CC=CO4)cc3)nc12. The number of fused-ring (bicyclic) bond motifs is 1. The Balaban J connectivity index is 1.23. The summed E-state index contributed by atoms with van der Waals surface area (Å²) in [5.41, 5.74) is 3.41. The number of carbonyl (C=O) groups excluding carboxylic acids is 3. The maximum atomic E-state index is 13.3. The highest BCUT2D eigenvalue weighted by atomic mass is 16.5. The second-order valence-electron chi connectivity index (χ2n) is 11.3. The van der Waals surface area contributed by atoms with E-state index in [-0.39, 0.29) is 17.7 Å². The van der Waals surface area contributed by atoms with Gasteiger partial charge in [0, 0.05) is 56.0 Å². The molecule has 220 valence electrons. The first-order valence-electron chi connectivity index (χ1n) is 15.1. The fourth-order valence-corrected chi connectivity index (χ4v) is 6.02. The zero-order valence-corrected chi connectivity index (χ0v) is 23.8. The fourth-order valence-electron chi connectivity index (χ4n) is 6.02. The van der Waals surface area contributed by atoms with Crippen molar-refractivity contribution in [3.05, 3.63) is 60.5 Å². The number of carbonyl (C=O) groups is 3. The topological polar surface area (TPSA) is 117 Å². The molecule has 3 aromatic rings. The Bertz CT molecular complexity index is 1470. The number of nitrogens with one attached hydrogen (secondary N) is 3. The summed E-state index contributed by atoms with van der Waals surface area (Å²) in [4.78, 5) is 44.5. The third kappa shape index (κ3) is 6.12. The summed E-state index contributed by atoms with van der Waals surface area (Å²) in [7, 11) is 0. The summed E-state index contributed by atoms with van der Waals surface area (Å²) in [6.07, 6.45) is 13.5. The van der Waals surface area contributed by atoms with Crippen molar-refractivity contribution in [3.63, 3.8) is 0 Å². The molecule has 2 aliphatic heterocycles. The zero-order chi connectivity index (χ0) is 28.9. The number of benzene rings is 1. The number of imidazole rings is 1. The highest BCUT2D eigenvalue weighted by molar-refractivity contribution is 6.01. The molecule has 42 heavy (non-hydrogen) atoms. The van der Waals surface area contributed by atoms with Crippen molar-refractivity contribution in [2.75, 3.05) is 30.3 Å². The largest absolute Gasteiger partial charge is 0.488 e. The first-order chi connectivity index (χ1) is 20.6. The molecule has 0 spiro atoms. The van der Waals surface area contributed by atoms with Gasteiger partial charge in [0.2, 0.25) is 5.91 Å². The number of hydrogen-bond acceptors (Lipinski definition) is 6. The highest BCUT2D eigenvalue weighted by Gasteiger charge is 2.24. The van der Waals surface area contributed by atoms with Crippen molar-refractivity contribution < 1.29 is 19.1 Å². The lowest BCUT2D eigenvalue weighted by Crippen LogP contribution is -2.30. The third-order valence-electron chi connectivity index (χ3n) is 8.31. The average molecular weight is 571 g/mol. The molecule has 0 bridgehead atoms. The Hall–Kier alpha value is -4.34. The Morgan fingerprint density at radius 3 is 2.62 bits per heavy atom. The number of amides is 3. The van der Waals surface area contributed by atoms with E-state index in [1.165, 1.54) is 19.3 Å². The molecule has 1 atom stereocenters. The predicted molar refractivity (Wildman–Crippen MR) is 161 cm³/mol. The van der Waals surface area contributed by atoms with Crippen molar-refractivity contribution in [2.24, 2.45) is 0 Å². The van der Waals surface area contributed by atoms with E-state index >= 15 is 0 Å². The number of rotatable bonds is 10. The minimum Gasteiger partial charge on any atom is -0.488 e. The zero-order valence-electron chi connectivity index (χ0n) is 23.8. The molecule has 2 aromatic heterocycles. The molecule has 1 unspecified atom stereocenters. The second kappa shape index (κ2) is 12.7. The van der Waals surface area contributed by atoms with Crippen LogP contribution in [-0.4, -0.2) is 63.8 Å². The molecule has 0 radical (unpaired) electrons. The first-order valence-corrected chi connectivity index (χ1v) is 15.1. The lowest BCUT2D eigenvalue weighted by atomic mass is 9.95. The van der Waals surface area contributed by atoms with Gasteiger partial charge in [-0.1, -0.05) is 31.4 Å². The summed E-state index contributed by atoms with van der Waals surface area (Å²) in [5, 5.41) is 9.69. The van der Waals surface area contributed by atoms with Crippen LogP contribution in [0.1, 0.15) is 68.1 Å². The molecule has 10 nitrogen and oxygen atoms in total. The van der Waals surface area contributed by atoms with Gasteiger partial charge in [-0.25, -0.2) is 4.98 Å². The smallest absolute Gasteiger partial charge is 0.265 e. The van der Waals surface area contributed by atoms with Gasteiger partial charge in [0.05, 0.1) is 11.8 Å². The number of nitrogens with zero attached hydrogens (tertiary/aromatic N) is 3. The van der Waals surface area contributed by atoms with Crippen molar-refractivity contribution in [2.45, 2.75) is 69.9 Å². The summed E-state index contributed by atoms with van der Waals surface area (Å²) < 4.78 is 7.30. The van der Waals surface area contributed by atoms with E-state index in [0.717, 1.165) is 42.9 Å². The third-order valence-corrected chi connectivity index (χ3v) is 8.31. The van der Waals surface area contributed by atoms with Crippen LogP contribution < -0.4 is 16.0 Å². The van der Waals surface area contributed by atoms with Gasteiger partial charge in [0.1, 0.15) is 11.5 Å². The molecule has 1 aliphatic carbocycles. The van der Waals surface area contributed by atoms with Crippen LogP contribution in [0.5, 0.6) is 0 Å². The molecular formula is C32H38N6O4. The molecule has 1 saturated heterocycles. The lowest BCUT2D eigenvalue weighted by Gasteiger charge is -2.24. The van der Waals surface area contributed by atoms with Crippen molar-refractivity contribution in [1.82, 2.24) is 19.6 Å². The molecule has 1 aromatic carbocycles. The Morgan fingerprint density at radius 2 is 1.88 bits per heavy atom. The average Bonchev–Trinajstić information content (AvgIpc) is 3.77. The van der Waals surface area contributed by atoms with E-state index in [0.29, 0.717) is 55.3 Å². The van der Waals surface area contributed by atoms with Crippen LogP contribution in [-0.2, 0) is 14.3 Å². The fraction of sp³-hybridized carbons (Fsp3) is 0.438. The summed E-state index contributed by atoms with van der Waals surface area (Å²) in [6.45, 7) is 1.95. The van der Waals surface area contributed by atoms with Crippen molar-refractivity contribution in [1.29, 1.82) is 0 Å². The van der Waals surface area contributed by atoms with Crippen LogP contribution in [0.15, 0.2) is 54.9 Å². The number of hydrogen-bond donors (Lipinski definition) is 3. The Morgan fingerprint density at radius 1 is 1.05 bits per heavy atom. The van der Waals surface area contributed by atoms with Gasteiger partial charge in [0.15, 0.2) is 11.8 Å². The summed E-state index contributed by atoms with van der Waals surface area (Å²) in [6, 6.07) is 11.6. The molecule has 3 aliphatic rings. The van der Waals surface area contributed by atoms with Crippen molar-refractivity contribution >= 4 is 34.9 Å². The number of ether oxygens (including phenoxy) is 1. The molecule has 4 heterocycles. The van der Waals surface area contributed by atoms with Crippen LogP contribution in [0.2, 0.25) is 0 Å². The summed E-state index contributed by atoms with van der Waals surface area (Å²) in [5.74, 6) is 0.699. The van der Waals surface area contributed by atoms with Crippen LogP contribution >= 0.6 is 0 Å². The standard InChI is InChI=1S/C32H38N6O4/c39-27-12-5-18-37(27)19-7-17-33-31(40)25-10-4-20-38-29(25)36-28(30(38)34-23-8-2-1-3-9-23)22-13-15-24(16-14-22)35-32(41)26-11-6-21-42-26/h4,6,10,13-16,20-21,23,26,34H,1-3,5,7-9,11-12,17-19H2,(H,33,40)(H,35,41). The summed E-state index contributed by atoms with van der Waals surface area (Å²) >= 11 is 0. The van der Waals surface area contributed by atoms with Gasteiger partial charge >= 0.3 is 0 Å². The minimum atomic E-state index is -0.498. The van der Waals surface area contributed by atoms with Crippen LogP contribution in [0.4, 0.5) is 11.5 Å². The molecular weight excluding hydrogens is 532 g/mol. The molecule has 3 amide bonds.